The van der Waals surface area contributed by atoms with Gasteiger partial charge in [-0.05, 0) is 15.9 Å². The molecule has 0 aromatic carbocycles. The molecule has 0 saturated heterocycles. The van der Waals surface area contributed by atoms with Gasteiger partial charge < -0.3 is 4.90 Å². The number of nitrogens with zero attached hydrogens (tertiary/aromatic N) is 4. The molecule has 0 N–H and O–H groups in total. The number of hydrogen-bond donors (Lipinski definition) is 0. The molecule has 2 heterocycles. The topological polar surface area (TPSA) is 51.0 Å². The molecule has 0 fully saturated rings. The first-order valence-corrected chi connectivity index (χ1v) is 7.08. The molecule has 2 aromatic rings. The molecule has 0 radical (unpaired) electrons. The van der Waals surface area contributed by atoms with Crippen molar-refractivity contribution in [1.29, 1.82) is 0 Å². The molecule has 7 heteroatoms. The molecule has 0 aliphatic rings. The van der Waals surface area contributed by atoms with Gasteiger partial charge in [0.15, 0.2) is 0 Å². The first kappa shape index (κ1) is 13.2. The van der Waals surface area contributed by atoms with E-state index in [0.29, 0.717) is 4.47 Å². The lowest BCUT2D eigenvalue weighted by atomic mass is 10.3. The minimum Gasteiger partial charge on any atom is -0.372 e. The zero-order valence-corrected chi connectivity index (χ0v) is 12.5. The van der Waals surface area contributed by atoms with Crippen molar-refractivity contribution < 1.29 is 0 Å². The molecule has 0 aliphatic carbocycles. The normalized spacial score (nSPS) is 10.6. The number of hydrogen-bond acceptors (Lipinski definition) is 5. The molecule has 2 rings (SSSR count). The van der Waals surface area contributed by atoms with Crippen LogP contribution in [0.1, 0.15) is 5.01 Å². The Morgan fingerprint density at radius 1 is 1.56 bits per heavy atom. The molecule has 0 unspecified atom stereocenters. The van der Waals surface area contributed by atoms with Gasteiger partial charge in [-0.2, -0.15) is 5.10 Å². The third kappa shape index (κ3) is 2.78. The third-order valence-corrected chi connectivity index (χ3v) is 4.20. The molecule has 0 bridgehead atoms. The maximum atomic E-state index is 11.7. The summed E-state index contributed by atoms with van der Waals surface area (Å²) in [6.07, 6.45) is 4.35. The number of thiazole rings is 1. The van der Waals surface area contributed by atoms with Gasteiger partial charge in [-0.1, -0.05) is 0 Å². The van der Waals surface area contributed by atoms with E-state index in [9.17, 15) is 4.79 Å². The van der Waals surface area contributed by atoms with E-state index in [0.717, 1.165) is 23.7 Å². The summed E-state index contributed by atoms with van der Waals surface area (Å²) in [6.45, 7) is 0.793. The summed E-state index contributed by atoms with van der Waals surface area (Å²) < 4.78 is 1.85. The Balaban J connectivity index is 2.12. The van der Waals surface area contributed by atoms with Crippen LogP contribution in [0.5, 0.6) is 0 Å². The second kappa shape index (κ2) is 5.62. The lowest BCUT2D eigenvalue weighted by Gasteiger charge is -2.19. The monoisotopic (exact) mass is 328 g/mol. The maximum absolute atomic E-state index is 11.7. The fraction of sp³-hybridized carbons (Fsp3) is 0.364. The number of halogens is 1. The van der Waals surface area contributed by atoms with Gasteiger partial charge >= 0.3 is 0 Å². The lowest BCUT2D eigenvalue weighted by Crippen LogP contribution is -2.27. The standard InChI is InChI=1S/C11H13BrN4OS/c1-15(5-3-9-13-4-6-18-9)8-7-14-16(2)11(17)10(8)12/h4,6-7H,3,5H2,1-2H3. The molecule has 2 aromatic heterocycles. The van der Waals surface area contributed by atoms with Crippen molar-refractivity contribution in [2.24, 2.45) is 7.05 Å². The highest BCUT2D eigenvalue weighted by Gasteiger charge is 2.11. The van der Waals surface area contributed by atoms with Crippen molar-refractivity contribution in [2.75, 3.05) is 18.5 Å². The summed E-state index contributed by atoms with van der Waals surface area (Å²) in [7, 11) is 3.57. The smallest absolute Gasteiger partial charge is 0.282 e. The van der Waals surface area contributed by atoms with Crippen molar-refractivity contribution in [3.8, 4) is 0 Å². The van der Waals surface area contributed by atoms with Gasteiger partial charge in [-0.15, -0.1) is 11.3 Å². The Morgan fingerprint density at radius 3 is 3.00 bits per heavy atom. The van der Waals surface area contributed by atoms with Gasteiger partial charge in [0.05, 0.1) is 16.9 Å². The fourth-order valence-electron chi connectivity index (χ4n) is 1.53. The van der Waals surface area contributed by atoms with Crippen molar-refractivity contribution in [3.05, 3.63) is 37.6 Å². The van der Waals surface area contributed by atoms with Crippen LogP contribution in [0.4, 0.5) is 5.69 Å². The van der Waals surface area contributed by atoms with Crippen LogP contribution in [0, 0.1) is 0 Å². The SMILES string of the molecule is CN(CCc1nccs1)c1cnn(C)c(=O)c1Br. The highest BCUT2D eigenvalue weighted by Crippen LogP contribution is 2.20. The second-order valence-electron chi connectivity index (χ2n) is 3.87. The van der Waals surface area contributed by atoms with Gasteiger partial charge in [0.1, 0.15) is 4.47 Å². The lowest BCUT2D eigenvalue weighted by molar-refractivity contribution is 0.697. The number of aromatic nitrogens is 3. The molecule has 0 saturated carbocycles. The first-order valence-electron chi connectivity index (χ1n) is 5.41. The van der Waals surface area contributed by atoms with Crippen LogP contribution in [-0.4, -0.2) is 28.4 Å². The van der Waals surface area contributed by atoms with Gasteiger partial charge in [-0.25, -0.2) is 9.67 Å². The van der Waals surface area contributed by atoms with Crippen molar-refractivity contribution in [1.82, 2.24) is 14.8 Å². The number of aryl methyl sites for hydroxylation is 1. The Bertz CT molecular complexity index is 581. The maximum Gasteiger partial charge on any atom is 0.282 e. The predicted octanol–water partition coefficient (Wildman–Crippen LogP) is 1.68. The quantitative estimate of drug-likeness (QED) is 0.856. The molecular formula is C11H13BrN4OS. The summed E-state index contributed by atoms with van der Waals surface area (Å²) in [5.41, 5.74) is 0.670. The molecule has 0 spiro atoms. The van der Waals surface area contributed by atoms with Crippen molar-refractivity contribution >= 4 is 33.0 Å². The number of anilines is 1. The highest BCUT2D eigenvalue weighted by atomic mass is 79.9. The summed E-state index contributed by atoms with van der Waals surface area (Å²) in [5.74, 6) is 0. The van der Waals surface area contributed by atoms with Crippen molar-refractivity contribution in [2.45, 2.75) is 6.42 Å². The van der Waals surface area contributed by atoms with Crippen LogP contribution < -0.4 is 10.5 Å². The van der Waals surface area contributed by atoms with E-state index < -0.39 is 0 Å². The van der Waals surface area contributed by atoms with Crippen LogP contribution in [0.2, 0.25) is 0 Å². The summed E-state index contributed by atoms with van der Waals surface area (Å²) in [6, 6.07) is 0. The molecule has 5 nitrogen and oxygen atoms in total. The van der Waals surface area contributed by atoms with E-state index >= 15 is 0 Å². The summed E-state index contributed by atoms with van der Waals surface area (Å²) in [4.78, 5) is 18.0. The minimum atomic E-state index is -0.131. The zero-order chi connectivity index (χ0) is 13.1. The molecule has 96 valence electrons. The summed E-state index contributed by atoms with van der Waals surface area (Å²) >= 11 is 4.96. The van der Waals surface area contributed by atoms with Gasteiger partial charge in [-0.3, -0.25) is 4.79 Å². The Labute approximate surface area is 117 Å². The average Bonchev–Trinajstić information content (AvgIpc) is 2.86. The summed E-state index contributed by atoms with van der Waals surface area (Å²) in [5, 5.41) is 7.08. The number of rotatable bonds is 4. The Kier molecular flexibility index (Phi) is 4.13. The molecule has 0 atom stereocenters. The van der Waals surface area contributed by atoms with Gasteiger partial charge in [0.2, 0.25) is 0 Å². The van der Waals surface area contributed by atoms with E-state index in [4.69, 9.17) is 0 Å². The zero-order valence-electron chi connectivity index (χ0n) is 10.1. The average molecular weight is 329 g/mol. The van der Waals surface area contributed by atoms with Crippen LogP contribution in [0.3, 0.4) is 0 Å². The van der Waals surface area contributed by atoms with E-state index in [1.165, 1.54) is 4.68 Å². The third-order valence-electron chi connectivity index (χ3n) is 2.62. The van der Waals surface area contributed by atoms with Crippen molar-refractivity contribution in [3.63, 3.8) is 0 Å². The van der Waals surface area contributed by atoms with Gasteiger partial charge in [0, 0.05) is 38.6 Å². The van der Waals surface area contributed by atoms with Crippen LogP contribution in [0.25, 0.3) is 0 Å². The van der Waals surface area contributed by atoms with Gasteiger partial charge in [0.25, 0.3) is 5.56 Å². The van der Waals surface area contributed by atoms with E-state index in [1.807, 2.05) is 17.3 Å². The second-order valence-corrected chi connectivity index (χ2v) is 5.64. The molecule has 0 aliphatic heterocycles. The van der Waals surface area contributed by atoms with E-state index in [2.05, 4.69) is 26.0 Å². The Hall–Kier alpha value is -1.21. The minimum absolute atomic E-state index is 0.131. The number of likely N-dealkylation sites (N-methyl/N-ethyl adjacent to an activating group) is 1. The molecule has 0 amide bonds. The van der Waals surface area contributed by atoms with Crippen LogP contribution in [-0.2, 0) is 13.5 Å². The highest BCUT2D eigenvalue weighted by molar-refractivity contribution is 9.10. The van der Waals surface area contributed by atoms with Crippen LogP contribution in [0.15, 0.2) is 27.0 Å². The van der Waals surface area contributed by atoms with Crippen LogP contribution >= 0.6 is 27.3 Å². The van der Waals surface area contributed by atoms with E-state index in [-0.39, 0.29) is 5.56 Å². The van der Waals surface area contributed by atoms with E-state index in [1.54, 1.807) is 30.8 Å². The fourth-order valence-corrected chi connectivity index (χ4v) is 2.80. The Morgan fingerprint density at radius 2 is 2.33 bits per heavy atom. The first-order chi connectivity index (χ1) is 8.59. The molecule has 18 heavy (non-hydrogen) atoms. The predicted molar refractivity (Wildman–Crippen MR) is 76.3 cm³/mol. The largest absolute Gasteiger partial charge is 0.372 e. The molecular weight excluding hydrogens is 316 g/mol.